The van der Waals surface area contributed by atoms with Crippen molar-refractivity contribution >= 4 is 15.9 Å². The van der Waals surface area contributed by atoms with Crippen molar-refractivity contribution in [1.29, 1.82) is 0 Å². The number of benzene rings is 2. The van der Waals surface area contributed by atoms with E-state index in [1.54, 1.807) is 32.0 Å². The molecule has 106 valence electrons. The summed E-state index contributed by atoms with van der Waals surface area (Å²) in [6.07, 6.45) is 0. The number of hydrogen-bond donors (Lipinski definition) is 1. The fourth-order valence-corrected chi connectivity index (χ4v) is 2.10. The Balaban J connectivity index is 2.30. The maximum absolute atomic E-state index is 13.5. The van der Waals surface area contributed by atoms with Gasteiger partial charge >= 0.3 is 0 Å². The molecular weight excluding hydrogens is 330 g/mol. The summed E-state index contributed by atoms with van der Waals surface area (Å²) in [7, 11) is 0. The van der Waals surface area contributed by atoms with Gasteiger partial charge in [0.15, 0.2) is 11.6 Å². The molecule has 0 aliphatic rings. The van der Waals surface area contributed by atoms with E-state index in [9.17, 15) is 13.9 Å². The van der Waals surface area contributed by atoms with Crippen molar-refractivity contribution in [3.8, 4) is 11.5 Å². The third kappa shape index (κ3) is 3.35. The lowest BCUT2D eigenvalue weighted by Crippen LogP contribution is -2.15. The molecule has 0 amide bonds. The molecular formula is C15H13BrF2O2. The molecule has 1 N–H and O–H groups in total. The summed E-state index contributed by atoms with van der Waals surface area (Å²) in [5.74, 6) is -1.12. The van der Waals surface area contributed by atoms with E-state index in [4.69, 9.17) is 4.74 Å². The molecule has 20 heavy (non-hydrogen) atoms. The van der Waals surface area contributed by atoms with Gasteiger partial charge in [0.25, 0.3) is 0 Å². The number of halogens is 3. The van der Waals surface area contributed by atoms with E-state index in [0.29, 0.717) is 15.8 Å². The molecule has 0 aliphatic carbocycles. The molecule has 0 aromatic heterocycles. The molecule has 0 spiro atoms. The van der Waals surface area contributed by atoms with Crippen LogP contribution in [0.1, 0.15) is 19.4 Å². The highest BCUT2D eigenvalue weighted by Crippen LogP contribution is 2.34. The van der Waals surface area contributed by atoms with Crippen molar-refractivity contribution in [2.24, 2.45) is 0 Å². The second-order valence-corrected chi connectivity index (χ2v) is 5.74. The molecule has 0 saturated carbocycles. The molecule has 0 heterocycles. The Hall–Kier alpha value is -1.46. The fourth-order valence-electron chi connectivity index (χ4n) is 1.64. The van der Waals surface area contributed by atoms with Gasteiger partial charge in [0, 0.05) is 6.07 Å². The van der Waals surface area contributed by atoms with E-state index in [0.717, 1.165) is 12.1 Å². The summed E-state index contributed by atoms with van der Waals surface area (Å²) in [5, 5.41) is 9.91. The molecule has 0 fully saturated rings. The first-order valence-corrected chi connectivity index (χ1v) is 6.72. The lowest BCUT2D eigenvalue weighted by molar-refractivity contribution is 0.0785. The minimum absolute atomic E-state index is 0.0666. The number of aliphatic hydroxyl groups is 1. The van der Waals surface area contributed by atoms with Crippen molar-refractivity contribution in [2.45, 2.75) is 19.4 Å². The largest absolute Gasteiger partial charge is 0.453 e. The zero-order valence-corrected chi connectivity index (χ0v) is 12.5. The van der Waals surface area contributed by atoms with E-state index in [2.05, 4.69) is 15.9 Å². The Kier molecular flexibility index (Phi) is 4.11. The van der Waals surface area contributed by atoms with Gasteiger partial charge in [0.05, 0.1) is 10.1 Å². The SMILES string of the molecule is CC(C)(O)c1ccc(Oc2ccc(F)cc2F)c(Br)c1. The average molecular weight is 343 g/mol. The molecule has 2 aromatic rings. The van der Waals surface area contributed by atoms with Crippen molar-refractivity contribution in [1.82, 2.24) is 0 Å². The lowest BCUT2D eigenvalue weighted by Gasteiger charge is -2.19. The standard InChI is InChI=1S/C15H13BrF2O2/c1-15(2,19)9-3-5-13(11(16)7-9)20-14-6-4-10(17)8-12(14)18/h3-8,19H,1-2H3. The van der Waals surface area contributed by atoms with Crippen molar-refractivity contribution in [3.63, 3.8) is 0 Å². The third-order valence-electron chi connectivity index (χ3n) is 2.75. The van der Waals surface area contributed by atoms with E-state index in [1.807, 2.05) is 0 Å². The van der Waals surface area contributed by atoms with E-state index >= 15 is 0 Å². The van der Waals surface area contributed by atoms with Crippen LogP contribution in [0.3, 0.4) is 0 Å². The van der Waals surface area contributed by atoms with Gasteiger partial charge in [-0.1, -0.05) is 6.07 Å². The van der Waals surface area contributed by atoms with Crippen molar-refractivity contribution in [2.75, 3.05) is 0 Å². The predicted octanol–water partition coefficient (Wildman–Crippen LogP) is 4.75. The lowest BCUT2D eigenvalue weighted by atomic mass is 9.99. The van der Waals surface area contributed by atoms with E-state index < -0.39 is 17.2 Å². The third-order valence-corrected chi connectivity index (χ3v) is 3.37. The van der Waals surface area contributed by atoms with Crippen LogP contribution in [-0.2, 0) is 5.60 Å². The molecule has 0 unspecified atom stereocenters. The summed E-state index contributed by atoms with van der Waals surface area (Å²) in [6, 6.07) is 8.09. The van der Waals surface area contributed by atoms with Crippen LogP contribution in [0.4, 0.5) is 8.78 Å². The second kappa shape index (κ2) is 5.50. The normalized spacial score (nSPS) is 11.5. The van der Waals surface area contributed by atoms with Gasteiger partial charge in [0.1, 0.15) is 11.6 Å². The molecule has 2 nitrogen and oxygen atoms in total. The molecule has 2 aromatic carbocycles. The molecule has 5 heteroatoms. The van der Waals surface area contributed by atoms with Crippen LogP contribution < -0.4 is 4.74 Å². The van der Waals surface area contributed by atoms with Crippen LogP contribution in [0.5, 0.6) is 11.5 Å². The Bertz CT molecular complexity index is 636. The highest BCUT2D eigenvalue weighted by Gasteiger charge is 2.18. The Morgan fingerprint density at radius 2 is 1.70 bits per heavy atom. The average Bonchev–Trinajstić information content (AvgIpc) is 2.33. The number of hydrogen-bond acceptors (Lipinski definition) is 2. The molecule has 0 saturated heterocycles. The van der Waals surface area contributed by atoms with Crippen LogP contribution in [0.15, 0.2) is 40.9 Å². The first-order valence-electron chi connectivity index (χ1n) is 5.92. The van der Waals surface area contributed by atoms with Gasteiger partial charge in [-0.25, -0.2) is 8.78 Å². The van der Waals surface area contributed by atoms with Crippen LogP contribution in [0.2, 0.25) is 0 Å². The van der Waals surface area contributed by atoms with Crippen LogP contribution in [0.25, 0.3) is 0 Å². The van der Waals surface area contributed by atoms with Gasteiger partial charge in [0.2, 0.25) is 0 Å². The Morgan fingerprint density at radius 1 is 1.05 bits per heavy atom. The topological polar surface area (TPSA) is 29.5 Å². The molecule has 0 bridgehead atoms. The smallest absolute Gasteiger partial charge is 0.168 e. The quantitative estimate of drug-likeness (QED) is 0.872. The Labute approximate surface area is 124 Å². The maximum Gasteiger partial charge on any atom is 0.168 e. The van der Waals surface area contributed by atoms with E-state index in [-0.39, 0.29) is 5.75 Å². The summed E-state index contributed by atoms with van der Waals surface area (Å²) in [5.41, 5.74) is -0.293. The van der Waals surface area contributed by atoms with E-state index in [1.165, 1.54) is 6.07 Å². The molecule has 0 atom stereocenters. The van der Waals surface area contributed by atoms with Gasteiger partial charge in [-0.2, -0.15) is 0 Å². The number of rotatable bonds is 3. The van der Waals surface area contributed by atoms with Crippen molar-refractivity contribution in [3.05, 3.63) is 58.1 Å². The summed E-state index contributed by atoms with van der Waals surface area (Å²) >= 11 is 3.30. The minimum Gasteiger partial charge on any atom is -0.453 e. The van der Waals surface area contributed by atoms with Gasteiger partial charge in [-0.3, -0.25) is 0 Å². The van der Waals surface area contributed by atoms with Crippen LogP contribution in [-0.4, -0.2) is 5.11 Å². The fraction of sp³-hybridized carbons (Fsp3) is 0.200. The zero-order valence-electron chi connectivity index (χ0n) is 11.0. The molecule has 0 aliphatic heterocycles. The first-order chi connectivity index (χ1) is 9.27. The summed E-state index contributed by atoms with van der Waals surface area (Å²) in [6.45, 7) is 3.32. The monoisotopic (exact) mass is 342 g/mol. The van der Waals surface area contributed by atoms with Gasteiger partial charge in [-0.15, -0.1) is 0 Å². The minimum atomic E-state index is -0.984. The summed E-state index contributed by atoms with van der Waals surface area (Å²) < 4.78 is 32.3. The van der Waals surface area contributed by atoms with Gasteiger partial charge in [-0.05, 0) is 59.6 Å². The van der Waals surface area contributed by atoms with Crippen LogP contribution >= 0.6 is 15.9 Å². The van der Waals surface area contributed by atoms with Crippen molar-refractivity contribution < 1.29 is 18.6 Å². The predicted molar refractivity (Wildman–Crippen MR) is 75.8 cm³/mol. The zero-order chi connectivity index (χ0) is 14.9. The highest BCUT2D eigenvalue weighted by atomic mass is 79.9. The Morgan fingerprint density at radius 3 is 2.25 bits per heavy atom. The maximum atomic E-state index is 13.5. The van der Waals surface area contributed by atoms with Crippen LogP contribution in [0, 0.1) is 11.6 Å². The summed E-state index contributed by atoms with van der Waals surface area (Å²) in [4.78, 5) is 0. The second-order valence-electron chi connectivity index (χ2n) is 4.88. The van der Waals surface area contributed by atoms with Gasteiger partial charge < -0.3 is 9.84 Å². The highest BCUT2D eigenvalue weighted by molar-refractivity contribution is 9.10. The first kappa shape index (κ1) is 14.9. The molecule has 2 rings (SSSR count). The molecule has 0 radical (unpaired) electrons. The number of ether oxygens (including phenoxy) is 1.